The smallest absolute Gasteiger partial charge is 0.337 e. The van der Waals surface area contributed by atoms with Crippen LogP contribution in [0.3, 0.4) is 0 Å². The maximum Gasteiger partial charge on any atom is 0.337 e. The third-order valence-corrected chi connectivity index (χ3v) is 3.93. The van der Waals surface area contributed by atoms with E-state index in [-0.39, 0.29) is 11.8 Å². The Labute approximate surface area is 152 Å². The van der Waals surface area contributed by atoms with Crippen LogP contribution in [-0.4, -0.2) is 42.9 Å². The first-order valence-electron chi connectivity index (χ1n) is 8.20. The highest BCUT2D eigenvalue weighted by molar-refractivity contribution is 5.97. The van der Waals surface area contributed by atoms with Crippen molar-refractivity contribution in [1.82, 2.24) is 10.2 Å². The minimum Gasteiger partial charge on any atom is -0.465 e. The third-order valence-electron chi connectivity index (χ3n) is 3.93. The molecule has 0 aliphatic rings. The van der Waals surface area contributed by atoms with Crippen molar-refractivity contribution in [2.75, 3.05) is 14.2 Å². The second-order valence-corrected chi connectivity index (χ2v) is 5.94. The van der Waals surface area contributed by atoms with E-state index in [1.165, 1.54) is 12.0 Å². The molecule has 26 heavy (non-hydrogen) atoms. The topological polar surface area (TPSA) is 75.7 Å². The fraction of sp³-hybridized carbons (Fsp3) is 0.250. The monoisotopic (exact) mass is 354 g/mol. The summed E-state index contributed by atoms with van der Waals surface area (Å²) in [7, 11) is 3.00. The zero-order valence-electron chi connectivity index (χ0n) is 15.1. The summed E-state index contributed by atoms with van der Waals surface area (Å²) in [5, 5.41) is 2.70. The van der Waals surface area contributed by atoms with Gasteiger partial charge in [0.2, 0.25) is 5.91 Å². The van der Waals surface area contributed by atoms with E-state index in [1.807, 2.05) is 6.07 Å². The first kappa shape index (κ1) is 19.2. The summed E-state index contributed by atoms with van der Waals surface area (Å²) in [5.74, 6) is -0.896. The molecule has 0 aromatic heterocycles. The number of nitrogens with zero attached hydrogens (tertiary/aromatic N) is 1. The van der Waals surface area contributed by atoms with Crippen LogP contribution in [0.5, 0.6) is 0 Å². The van der Waals surface area contributed by atoms with E-state index in [0.29, 0.717) is 17.7 Å². The summed E-state index contributed by atoms with van der Waals surface area (Å²) in [6.45, 7) is 2.02. The van der Waals surface area contributed by atoms with Crippen LogP contribution in [0, 0.1) is 0 Å². The number of carbonyl (C=O) groups is 3. The predicted molar refractivity (Wildman–Crippen MR) is 97.6 cm³/mol. The highest BCUT2D eigenvalue weighted by atomic mass is 16.5. The molecule has 0 heterocycles. The van der Waals surface area contributed by atoms with Gasteiger partial charge in [0, 0.05) is 19.2 Å². The molecule has 0 bridgehead atoms. The van der Waals surface area contributed by atoms with Gasteiger partial charge >= 0.3 is 5.97 Å². The van der Waals surface area contributed by atoms with Crippen LogP contribution in [0.25, 0.3) is 0 Å². The molecule has 1 unspecified atom stereocenters. The number of likely N-dealkylation sites (N-methyl/N-ethyl adjacent to an activating group) is 1. The standard InChI is InChI=1S/C20H22N2O4/c1-14(21-18(23)16-7-5-4-6-8-16)19(24)22(2)13-15-9-11-17(12-10-15)20(25)26-3/h4-12,14H,13H2,1-3H3,(H,21,23). The molecule has 0 saturated carbocycles. The molecule has 0 radical (unpaired) electrons. The Morgan fingerprint density at radius 3 is 2.19 bits per heavy atom. The number of ether oxygens (including phenoxy) is 1. The number of carbonyl (C=O) groups excluding carboxylic acids is 3. The van der Waals surface area contributed by atoms with Crippen molar-refractivity contribution in [1.29, 1.82) is 0 Å². The summed E-state index contributed by atoms with van der Waals surface area (Å²) < 4.78 is 4.66. The molecule has 2 aromatic carbocycles. The Morgan fingerprint density at radius 2 is 1.62 bits per heavy atom. The Kier molecular flexibility index (Phi) is 6.49. The number of hydrogen-bond acceptors (Lipinski definition) is 4. The van der Waals surface area contributed by atoms with Gasteiger partial charge < -0.3 is 15.0 Å². The van der Waals surface area contributed by atoms with Gasteiger partial charge in [0.1, 0.15) is 6.04 Å². The van der Waals surface area contributed by atoms with Crippen LogP contribution in [0.2, 0.25) is 0 Å². The number of hydrogen-bond donors (Lipinski definition) is 1. The number of methoxy groups -OCH3 is 1. The van der Waals surface area contributed by atoms with Crippen molar-refractivity contribution < 1.29 is 19.1 Å². The maximum atomic E-state index is 12.5. The van der Waals surface area contributed by atoms with Gasteiger partial charge in [0.15, 0.2) is 0 Å². The summed E-state index contributed by atoms with van der Waals surface area (Å²) >= 11 is 0. The van der Waals surface area contributed by atoms with Gasteiger partial charge in [-0.2, -0.15) is 0 Å². The Balaban J connectivity index is 1.93. The molecular weight excluding hydrogens is 332 g/mol. The number of benzene rings is 2. The fourth-order valence-electron chi connectivity index (χ4n) is 2.48. The number of esters is 1. The molecule has 1 atom stereocenters. The molecule has 0 saturated heterocycles. The van der Waals surface area contributed by atoms with Crippen LogP contribution in [0.15, 0.2) is 54.6 Å². The van der Waals surface area contributed by atoms with Crippen molar-refractivity contribution >= 4 is 17.8 Å². The molecule has 0 aliphatic heterocycles. The van der Waals surface area contributed by atoms with Crippen LogP contribution in [0.4, 0.5) is 0 Å². The average molecular weight is 354 g/mol. The fourth-order valence-corrected chi connectivity index (χ4v) is 2.48. The van der Waals surface area contributed by atoms with Gasteiger partial charge in [0.25, 0.3) is 5.91 Å². The molecule has 2 amide bonds. The van der Waals surface area contributed by atoms with Gasteiger partial charge in [-0.25, -0.2) is 4.79 Å². The van der Waals surface area contributed by atoms with E-state index in [2.05, 4.69) is 10.1 Å². The number of rotatable bonds is 6. The second kappa shape index (κ2) is 8.80. The van der Waals surface area contributed by atoms with Crippen molar-refractivity contribution in [3.63, 3.8) is 0 Å². The van der Waals surface area contributed by atoms with Gasteiger partial charge in [-0.05, 0) is 36.8 Å². The van der Waals surface area contributed by atoms with Gasteiger partial charge in [0.05, 0.1) is 12.7 Å². The zero-order valence-corrected chi connectivity index (χ0v) is 15.1. The first-order chi connectivity index (χ1) is 12.4. The second-order valence-electron chi connectivity index (χ2n) is 5.94. The molecule has 136 valence electrons. The number of nitrogens with one attached hydrogen (secondary N) is 1. The van der Waals surface area contributed by atoms with E-state index in [4.69, 9.17) is 0 Å². The lowest BCUT2D eigenvalue weighted by Crippen LogP contribution is -2.45. The van der Waals surface area contributed by atoms with E-state index in [9.17, 15) is 14.4 Å². The highest BCUT2D eigenvalue weighted by Gasteiger charge is 2.20. The van der Waals surface area contributed by atoms with Crippen LogP contribution >= 0.6 is 0 Å². The molecule has 2 aromatic rings. The molecule has 1 N–H and O–H groups in total. The summed E-state index contributed by atoms with van der Waals surface area (Å²) in [4.78, 5) is 37.6. The molecular formula is C20H22N2O4. The molecule has 2 rings (SSSR count). The first-order valence-corrected chi connectivity index (χ1v) is 8.20. The Hall–Kier alpha value is -3.15. The van der Waals surface area contributed by atoms with E-state index in [1.54, 1.807) is 62.5 Å². The van der Waals surface area contributed by atoms with Crippen LogP contribution in [-0.2, 0) is 16.1 Å². The van der Waals surface area contributed by atoms with Crippen molar-refractivity contribution in [2.45, 2.75) is 19.5 Å². The molecule has 0 fully saturated rings. The maximum absolute atomic E-state index is 12.5. The Bertz CT molecular complexity index is 772. The highest BCUT2D eigenvalue weighted by Crippen LogP contribution is 2.09. The van der Waals surface area contributed by atoms with Crippen LogP contribution in [0.1, 0.15) is 33.2 Å². The van der Waals surface area contributed by atoms with E-state index < -0.39 is 12.0 Å². The summed E-state index contributed by atoms with van der Waals surface area (Å²) in [6.07, 6.45) is 0. The summed E-state index contributed by atoms with van der Waals surface area (Å²) in [5.41, 5.74) is 1.83. The van der Waals surface area contributed by atoms with Gasteiger partial charge in [-0.15, -0.1) is 0 Å². The molecule has 0 aliphatic carbocycles. The lowest BCUT2D eigenvalue weighted by atomic mass is 10.1. The Morgan fingerprint density at radius 1 is 1.00 bits per heavy atom. The molecule has 6 nitrogen and oxygen atoms in total. The largest absolute Gasteiger partial charge is 0.465 e. The minimum atomic E-state index is -0.651. The predicted octanol–water partition coefficient (Wildman–Crippen LogP) is 2.25. The SMILES string of the molecule is COC(=O)c1ccc(CN(C)C(=O)C(C)NC(=O)c2ccccc2)cc1. The average Bonchev–Trinajstić information content (AvgIpc) is 2.67. The van der Waals surface area contributed by atoms with E-state index >= 15 is 0 Å². The van der Waals surface area contributed by atoms with Crippen molar-refractivity contribution in [3.05, 3.63) is 71.3 Å². The van der Waals surface area contributed by atoms with Gasteiger partial charge in [-0.1, -0.05) is 30.3 Å². The van der Waals surface area contributed by atoms with Crippen LogP contribution < -0.4 is 5.32 Å². The third kappa shape index (κ3) is 4.92. The quantitative estimate of drug-likeness (QED) is 0.808. The lowest BCUT2D eigenvalue weighted by Gasteiger charge is -2.22. The number of amides is 2. The normalized spacial score (nSPS) is 11.3. The van der Waals surface area contributed by atoms with Crippen molar-refractivity contribution in [2.24, 2.45) is 0 Å². The van der Waals surface area contributed by atoms with E-state index in [0.717, 1.165) is 5.56 Å². The van der Waals surface area contributed by atoms with Gasteiger partial charge in [-0.3, -0.25) is 9.59 Å². The molecule has 6 heteroatoms. The molecule has 0 spiro atoms. The lowest BCUT2D eigenvalue weighted by molar-refractivity contribution is -0.132. The summed E-state index contributed by atoms with van der Waals surface area (Å²) in [6, 6.07) is 14.9. The van der Waals surface area contributed by atoms with Crippen molar-refractivity contribution in [3.8, 4) is 0 Å². The minimum absolute atomic E-state index is 0.202. The zero-order chi connectivity index (χ0) is 19.1.